The molecule has 0 N–H and O–H groups in total. The predicted molar refractivity (Wildman–Crippen MR) is 109 cm³/mol. The third-order valence-corrected chi connectivity index (χ3v) is 6.93. The van der Waals surface area contributed by atoms with Crippen LogP contribution in [0.5, 0.6) is 0 Å². The molecule has 2 aromatic carbocycles. The maximum Gasteiger partial charge on any atom is 0.253 e. The van der Waals surface area contributed by atoms with E-state index in [4.69, 9.17) is 4.42 Å². The van der Waals surface area contributed by atoms with Crippen molar-refractivity contribution in [2.45, 2.75) is 19.4 Å². The van der Waals surface area contributed by atoms with Crippen LogP contribution in [0.4, 0.5) is 0 Å². The summed E-state index contributed by atoms with van der Waals surface area (Å²) in [5.74, 6) is 0.757. The quantitative estimate of drug-likeness (QED) is 0.655. The Balaban J connectivity index is 1.49. The molecule has 1 atom stereocenters. The van der Waals surface area contributed by atoms with Crippen molar-refractivity contribution in [1.29, 1.82) is 0 Å². The zero-order valence-electron chi connectivity index (χ0n) is 16.2. The van der Waals surface area contributed by atoms with Crippen LogP contribution in [0, 0.1) is 6.92 Å². The summed E-state index contributed by atoms with van der Waals surface area (Å²) in [5.41, 5.74) is 3.18. The largest absolute Gasteiger partial charge is 0.416 e. The molecule has 1 fully saturated rings. The van der Waals surface area contributed by atoms with Crippen LogP contribution < -0.4 is 0 Å². The predicted octanol–water partition coefficient (Wildman–Crippen LogP) is 2.97. The molecule has 1 aromatic heterocycles. The number of sulfone groups is 1. The summed E-state index contributed by atoms with van der Waals surface area (Å²) < 4.78 is 29.1. The van der Waals surface area contributed by atoms with Gasteiger partial charge in [-0.1, -0.05) is 17.7 Å². The molecule has 7 nitrogen and oxygen atoms in total. The first kappa shape index (κ1) is 19.3. The zero-order valence-corrected chi connectivity index (χ0v) is 17.0. The van der Waals surface area contributed by atoms with E-state index in [1.807, 2.05) is 31.2 Å². The maximum atomic E-state index is 12.7. The highest BCUT2D eigenvalue weighted by atomic mass is 32.2. The molecule has 0 aliphatic carbocycles. The van der Waals surface area contributed by atoms with E-state index >= 15 is 0 Å². The first-order chi connectivity index (χ1) is 13.8. The van der Waals surface area contributed by atoms with E-state index < -0.39 is 9.84 Å². The lowest BCUT2D eigenvalue weighted by Gasteiger charge is -2.23. The third kappa shape index (κ3) is 4.07. The van der Waals surface area contributed by atoms with Gasteiger partial charge in [-0.2, -0.15) is 0 Å². The van der Waals surface area contributed by atoms with E-state index in [-0.39, 0.29) is 23.5 Å². The topological polar surface area (TPSA) is 93.4 Å². The molecule has 1 aliphatic rings. The summed E-state index contributed by atoms with van der Waals surface area (Å²) in [6, 6.07) is 14.4. The van der Waals surface area contributed by atoms with Crippen molar-refractivity contribution in [3.05, 3.63) is 59.7 Å². The van der Waals surface area contributed by atoms with E-state index in [0.717, 1.165) is 11.1 Å². The number of benzene rings is 2. The number of rotatable bonds is 4. The molecule has 4 rings (SSSR count). The van der Waals surface area contributed by atoms with Crippen molar-refractivity contribution in [3.63, 3.8) is 0 Å². The Hall–Kier alpha value is -3.00. The number of aryl methyl sites for hydroxylation is 1. The van der Waals surface area contributed by atoms with Crippen molar-refractivity contribution in [1.82, 2.24) is 15.1 Å². The Morgan fingerprint density at radius 3 is 2.07 bits per heavy atom. The summed E-state index contributed by atoms with van der Waals surface area (Å²) in [4.78, 5) is 14.2. The molecule has 1 amide bonds. The van der Waals surface area contributed by atoms with Crippen LogP contribution in [0.15, 0.2) is 52.9 Å². The maximum absolute atomic E-state index is 12.7. The fraction of sp³-hybridized carbons (Fsp3) is 0.286. The van der Waals surface area contributed by atoms with E-state index in [2.05, 4.69) is 10.2 Å². The highest BCUT2D eigenvalue weighted by Gasteiger charge is 2.33. The van der Waals surface area contributed by atoms with E-state index in [1.54, 1.807) is 31.3 Å². The average molecular weight is 411 g/mol. The second kappa shape index (κ2) is 7.44. The van der Waals surface area contributed by atoms with Crippen LogP contribution in [-0.4, -0.2) is 54.0 Å². The fourth-order valence-corrected chi connectivity index (χ4v) is 5.13. The van der Waals surface area contributed by atoms with Crippen molar-refractivity contribution in [2.75, 3.05) is 18.6 Å². The minimum atomic E-state index is -3.04. The van der Waals surface area contributed by atoms with Crippen LogP contribution in [0.2, 0.25) is 0 Å². The molecule has 150 valence electrons. The molecule has 0 saturated carbocycles. The normalized spacial score (nSPS) is 17.9. The average Bonchev–Trinajstić information content (AvgIpc) is 3.34. The van der Waals surface area contributed by atoms with Crippen molar-refractivity contribution in [3.8, 4) is 22.9 Å². The van der Waals surface area contributed by atoms with E-state index in [0.29, 0.717) is 29.3 Å². The van der Waals surface area contributed by atoms with Gasteiger partial charge in [0.05, 0.1) is 11.5 Å². The third-order valence-electron chi connectivity index (χ3n) is 5.18. The lowest BCUT2D eigenvalue weighted by molar-refractivity contribution is 0.0747. The highest BCUT2D eigenvalue weighted by Crippen LogP contribution is 2.25. The summed E-state index contributed by atoms with van der Waals surface area (Å²) >= 11 is 0. The number of hydrogen-bond acceptors (Lipinski definition) is 6. The van der Waals surface area contributed by atoms with E-state index in [1.165, 1.54) is 4.90 Å². The molecule has 8 heteroatoms. The molecule has 1 aliphatic heterocycles. The van der Waals surface area contributed by atoms with Gasteiger partial charge >= 0.3 is 0 Å². The molecule has 0 spiro atoms. The van der Waals surface area contributed by atoms with Gasteiger partial charge in [0, 0.05) is 29.8 Å². The van der Waals surface area contributed by atoms with Crippen molar-refractivity contribution >= 4 is 15.7 Å². The second-order valence-corrected chi connectivity index (χ2v) is 9.56. The smallest absolute Gasteiger partial charge is 0.253 e. The van der Waals surface area contributed by atoms with Crippen molar-refractivity contribution < 1.29 is 17.6 Å². The molecule has 3 aromatic rings. The van der Waals surface area contributed by atoms with Gasteiger partial charge in [0.2, 0.25) is 11.8 Å². The lowest BCUT2D eigenvalue weighted by Crippen LogP contribution is -2.37. The van der Waals surface area contributed by atoms with Gasteiger partial charge in [-0.3, -0.25) is 4.79 Å². The van der Waals surface area contributed by atoms with Gasteiger partial charge in [-0.05, 0) is 49.7 Å². The molecular weight excluding hydrogens is 390 g/mol. The molecular formula is C21H21N3O4S. The van der Waals surface area contributed by atoms with Gasteiger partial charge in [0.1, 0.15) is 0 Å². The van der Waals surface area contributed by atoms with Gasteiger partial charge < -0.3 is 9.32 Å². The Kier molecular flexibility index (Phi) is 4.96. The minimum absolute atomic E-state index is 0.0249. The Bertz CT molecular complexity index is 1140. The SMILES string of the molecule is Cc1ccc(-c2nnc(-c3ccc(C(=O)N(C)C4CCS(=O)(=O)C4)cc3)o2)cc1. The summed E-state index contributed by atoms with van der Waals surface area (Å²) in [6.45, 7) is 2.01. The Morgan fingerprint density at radius 2 is 1.55 bits per heavy atom. The summed E-state index contributed by atoms with van der Waals surface area (Å²) in [7, 11) is -1.40. The molecule has 0 bridgehead atoms. The van der Waals surface area contributed by atoms with Crippen LogP contribution in [0.1, 0.15) is 22.3 Å². The summed E-state index contributed by atoms with van der Waals surface area (Å²) in [6.07, 6.45) is 0.479. The van der Waals surface area contributed by atoms with Crippen LogP contribution in [0.25, 0.3) is 22.9 Å². The zero-order chi connectivity index (χ0) is 20.6. The fourth-order valence-electron chi connectivity index (χ4n) is 3.36. The van der Waals surface area contributed by atoms with Crippen LogP contribution in [-0.2, 0) is 9.84 Å². The molecule has 0 radical (unpaired) electrons. The lowest BCUT2D eigenvalue weighted by atomic mass is 10.1. The number of amides is 1. The molecule has 1 saturated heterocycles. The van der Waals surface area contributed by atoms with Gasteiger partial charge in [-0.15, -0.1) is 10.2 Å². The van der Waals surface area contributed by atoms with Crippen molar-refractivity contribution in [2.24, 2.45) is 0 Å². The van der Waals surface area contributed by atoms with Gasteiger partial charge in [0.25, 0.3) is 5.91 Å². The molecule has 2 heterocycles. The van der Waals surface area contributed by atoms with Gasteiger partial charge in [-0.25, -0.2) is 8.42 Å². The molecule has 1 unspecified atom stereocenters. The first-order valence-electron chi connectivity index (χ1n) is 9.31. The minimum Gasteiger partial charge on any atom is -0.416 e. The van der Waals surface area contributed by atoms with Gasteiger partial charge in [0.15, 0.2) is 9.84 Å². The molecule has 29 heavy (non-hydrogen) atoms. The number of aromatic nitrogens is 2. The Morgan fingerprint density at radius 1 is 1.00 bits per heavy atom. The Labute approximate surface area is 169 Å². The first-order valence-corrected chi connectivity index (χ1v) is 11.1. The standard InChI is InChI=1S/C21H21N3O4S/c1-14-3-5-15(6-4-14)19-22-23-20(28-19)16-7-9-17(10-8-16)21(25)24(2)18-11-12-29(26,27)13-18/h3-10,18H,11-13H2,1-2H3. The van der Waals surface area contributed by atoms with E-state index in [9.17, 15) is 13.2 Å². The second-order valence-electron chi connectivity index (χ2n) is 7.33. The summed E-state index contributed by atoms with van der Waals surface area (Å²) in [5, 5.41) is 8.19. The number of hydrogen-bond donors (Lipinski definition) is 0. The monoisotopic (exact) mass is 411 g/mol. The number of carbonyl (C=O) groups is 1. The van der Waals surface area contributed by atoms with Crippen LogP contribution in [0.3, 0.4) is 0 Å². The highest BCUT2D eigenvalue weighted by molar-refractivity contribution is 7.91. The van der Waals surface area contributed by atoms with Crippen LogP contribution >= 0.6 is 0 Å². The number of nitrogens with zero attached hydrogens (tertiary/aromatic N) is 3. The number of carbonyl (C=O) groups excluding carboxylic acids is 1.